The molecule has 3 rings (SSSR count). The average Bonchev–Trinajstić information content (AvgIpc) is 2.47. The Bertz CT molecular complexity index is 385. The number of piperidine rings is 1. The molecule has 18 heavy (non-hydrogen) atoms. The first kappa shape index (κ1) is 12.0. The minimum absolute atomic E-state index is 0.534. The lowest BCUT2D eigenvalue weighted by molar-refractivity contribution is 0.243. The van der Waals surface area contributed by atoms with Gasteiger partial charge < -0.3 is 10.6 Å². The lowest BCUT2D eigenvalue weighted by atomic mass is 9.78. The Morgan fingerprint density at radius 3 is 2.78 bits per heavy atom. The van der Waals surface area contributed by atoms with Crippen LogP contribution in [-0.4, -0.2) is 17.6 Å². The molecule has 2 N–H and O–H groups in total. The second-order valence-electron chi connectivity index (χ2n) is 5.66. The number of fused-ring (bicyclic) bond motifs is 1. The van der Waals surface area contributed by atoms with Gasteiger partial charge in [0.25, 0.3) is 0 Å². The van der Waals surface area contributed by atoms with Gasteiger partial charge in [-0.3, -0.25) is 4.98 Å². The summed E-state index contributed by atoms with van der Waals surface area (Å²) in [5, 5.41) is 0. The molecule has 1 saturated heterocycles. The molecule has 0 bridgehead atoms. The van der Waals surface area contributed by atoms with Crippen LogP contribution in [0.2, 0.25) is 0 Å². The molecule has 2 aliphatic rings. The van der Waals surface area contributed by atoms with E-state index in [2.05, 4.69) is 22.0 Å². The zero-order valence-electron chi connectivity index (χ0n) is 11.0. The molecule has 0 amide bonds. The highest BCUT2D eigenvalue weighted by Gasteiger charge is 2.33. The Morgan fingerprint density at radius 2 is 2.00 bits per heavy atom. The number of aromatic nitrogens is 1. The van der Waals surface area contributed by atoms with Gasteiger partial charge >= 0.3 is 0 Å². The van der Waals surface area contributed by atoms with Crippen molar-refractivity contribution in [3.05, 3.63) is 24.0 Å². The van der Waals surface area contributed by atoms with Crippen molar-refractivity contribution in [2.75, 3.05) is 11.4 Å². The third-order valence-electron chi connectivity index (χ3n) is 4.59. The van der Waals surface area contributed by atoms with Gasteiger partial charge in [0.15, 0.2) is 0 Å². The zero-order valence-corrected chi connectivity index (χ0v) is 11.0. The number of nitrogens with zero attached hydrogens (tertiary/aromatic N) is 2. The first-order valence-electron chi connectivity index (χ1n) is 7.30. The van der Waals surface area contributed by atoms with Crippen molar-refractivity contribution in [3.63, 3.8) is 0 Å². The van der Waals surface area contributed by atoms with Crippen LogP contribution in [-0.2, 0) is 6.54 Å². The van der Waals surface area contributed by atoms with Gasteiger partial charge in [-0.2, -0.15) is 0 Å². The van der Waals surface area contributed by atoms with E-state index in [0.717, 1.165) is 17.7 Å². The molecule has 0 aromatic carbocycles. The fraction of sp³-hybridized carbons (Fsp3) is 0.667. The molecule has 1 aromatic rings. The third kappa shape index (κ3) is 2.24. The monoisotopic (exact) mass is 245 g/mol. The van der Waals surface area contributed by atoms with Crippen molar-refractivity contribution in [2.45, 2.75) is 51.1 Å². The van der Waals surface area contributed by atoms with Crippen LogP contribution in [0.3, 0.4) is 0 Å². The number of hydrogen-bond acceptors (Lipinski definition) is 3. The van der Waals surface area contributed by atoms with Crippen molar-refractivity contribution in [1.29, 1.82) is 0 Å². The molecule has 1 aromatic heterocycles. The van der Waals surface area contributed by atoms with Gasteiger partial charge in [-0.15, -0.1) is 0 Å². The Hall–Kier alpha value is -1.09. The Kier molecular flexibility index (Phi) is 3.50. The second kappa shape index (κ2) is 5.27. The second-order valence-corrected chi connectivity index (χ2v) is 5.66. The maximum absolute atomic E-state index is 5.61. The van der Waals surface area contributed by atoms with E-state index in [9.17, 15) is 0 Å². The van der Waals surface area contributed by atoms with E-state index in [-0.39, 0.29) is 0 Å². The number of rotatable bonds is 2. The van der Waals surface area contributed by atoms with Crippen LogP contribution in [0, 0.1) is 5.92 Å². The van der Waals surface area contributed by atoms with Crippen molar-refractivity contribution >= 4 is 5.69 Å². The molecule has 1 saturated carbocycles. The van der Waals surface area contributed by atoms with E-state index < -0.39 is 0 Å². The minimum atomic E-state index is 0.534. The van der Waals surface area contributed by atoms with Gasteiger partial charge in [0.1, 0.15) is 0 Å². The summed E-state index contributed by atoms with van der Waals surface area (Å²) in [5.41, 5.74) is 7.89. The first-order valence-corrected chi connectivity index (χ1v) is 7.30. The fourth-order valence-electron chi connectivity index (χ4n) is 3.65. The molecule has 1 aliphatic heterocycles. The molecule has 3 nitrogen and oxygen atoms in total. The van der Waals surface area contributed by atoms with Gasteiger partial charge in [-0.05, 0) is 43.7 Å². The molecule has 98 valence electrons. The molecule has 1 aliphatic carbocycles. The standard InChI is InChI=1S/C15H23N3/c16-10-13-7-8-14(11-17-13)18-9-3-5-12-4-1-2-6-15(12)18/h7-8,11-12,15H,1-6,9-10,16H2. The zero-order chi connectivity index (χ0) is 12.4. The van der Waals surface area contributed by atoms with Crippen molar-refractivity contribution in [2.24, 2.45) is 11.7 Å². The lowest BCUT2D eigenvalue weighted by Crippen LogP contribution is -2.46. The molecule has 2 atom stereocenters. The minimum Gasteiger partial charge on any atom is -0.367 e. The summed E-state index contributed by atoms with van der Waals surface area (Å²) in [6.45, 7) is 1.73. The largest absolute Gasteiger partial charge is 0.367 e. The van der Waals surface area contributed by atoms with E-state index >= 15 is 0 Å². The van der Waals surface area contributed by atoms with Crippen LogP contribution >= 0.6 is 0 Å². The summed E-state index contributed by atoms with van der Waals surface area (Å²) in [6.07, 6.45) is 10.4. The van der Waals surface area contributed by atoms with Crippen LogP contribution in [0.25, 0.3) is 0 Å². The summed E-state index contributed by atoms with van der Waals surface area (Å²) in [6, 6.07) is 5.03. The lowest BCUT2D eigenvalue weighted by Gasteiger charge is -2.45. The topological polar surface area (TPSA) is 42.1 Å². The fourth-order valence-corrected chi connectivity index (χ4v) is 3.65. The summed E-state index contributed by atoms with van der Waals surface area (Å²) in [4.78, 5) is 7.04. The van der Waals surface area contributed by atoms with Crippen LogP contribution < -0.4 is 10.6 Å². The van der Waals surface area contributed by atoms with Crippen molar-refractivity contribution < 1.29 is 0 Å². The van der Waals surface area contributed by atoms with Crippen LogP contribution in [0.15, 0.2) is 18.3 Å². The predicted octanol–water partition coefficient (Wildman–Crippen LogP) is 2.70. The maximum atomic E-state index is 5.61. The van der Waals surface area contributed by atoms with Gasteiger partial charge in [0.2, 0.25) is 0 Å². The van der Waals surface area contributed by atoms with Gasteiger partial charge in [0.05, 0.1) is 17.6 Å². The number of anilines is 1. The maximum Gasteiger partial charge on any atom is 0.0555 e. The summed E-state index contributed by atoms with van der Waals surface area (Å²) >= 11 is 0. The molecule has 0 spiro atoms. The highest BCUT2D eigenvalue weighted by molar-refractivity contribution is 5.46. The van der Waals surface area contributed by atoms with Crippen LogP contribution in [0.5, 0.6) is 0 Å². The molecular formula is C15H23N3. The van der Waals surface area contributed by atoms with E-state index in [0.29, 0.717) is 6.54 Å². The Morgan fingerprint density at radius 1 is 1.17 bits per heavy atom. The van der Waals surface area contributed by atoms with Crippen molar-refractivity contribution in [3.8, 4) is 0 Å². The van der Waals surface area contributed by atoms with Crippen LogP contribution in [0.4, 0.5) is 5.69 Å². The highest BCUT2D eigenvalue weighted by Crippen LogP contribution is 2.37. The molecule has 0 radical (unpaired) electrons. The number of hydrogen-bond donors (Lipinski definition) is 1. The normalized spacial score (nSPS) is 27.9. The molecular weight excluding hydrogens is 222 g/mol. The Labute approximate surface area is 109 Å². The van der Waals surface area contributed by atoms with Gasteiger partial charge in [-0.1, -0.05) is 12.8 Å². The molecule has 3 heteroatoms. The van der Waals surface area contributed by atoms with Crippen molar-refractivity contribution in [1.82, 2.24) is 4.98 Å². The average molecular weight is 245 g/mol. The smallest absolute Gasteiger partial charge is 0.0555 e. The summed E-state index contributed by atoms with van der Waals surface area (Å²) < 4.78 is 0. The summed E-state index contributed by atoms with van der Waals surface area (Å²) in [7, 11) is 0. The first-order chi connectivity index (χ1) is 8.88. The third-order valence-corrected chi connectivity index (χ3v) is 4.59. The van der Waals surface area contributed by atoms with E-state index in [1.165, 1.54) is 50.8 Å². The SMILES string of the molecule is NCc1ccc(N2CCCC3CCCCC32)cn1. The van der Waals surface area contributed by atoms with E-state index in [1.54, 1.807) is 0 Å². The quantitative estimate of drug-likeness (QED) is 0.871. The summed E-state index contributed by atoms with van der Waals surface area (Å²) in [5.74, 6) is 0.918. The number of nitrogens with two attached hydrogens (primary N) is 1. The highest BCUT2D eigenvalue weighted by atomic mass is 15.2. The van der Waals surface area contributed by atoms with Gasteiger partial charge in [-0.25, -0.2) is 0 Å². The molecule has 2 heterocycles. The van der Waals surface area contributed by atoms with E-state index in [4.69, 9.17) is 5.73 Å². The predicted molar refractivity (Wildman–Crippen MR) is 74.5 cm³/mol. The molecule has 2 unspecified atom stereocenters. The van der Waals surface area contributed by atoms with Gasteiger partial charge in [0, 0.05) is 19.1 Å². The molecule has 2 fully saturated rings. The van der Waals surface area contributed by atoms with E-state index in [1.807, 2.05) is 6.20 Å². The Balaban J connectivity index is 1.80. The van der Waals surface area contributed by atoms with Crippen LogP contribution in [0.1, 0.15) is 44.2 Å². The number of pyridine rings is 1.